The van der Waals surface area contributed by atoms with E-state index in [-0.39, 0.29) is 6.61 Å². The van der Waals surface area contributed by atoms with Gasteiger partial charge in [-0.15, -0.1) is 0 Å². The molecule has 0 aliphatic heterocycles. The molecule has 9 nitrogen and oxygen atoms in total. The maximum absolute atomic E-state index is 9.18. The Bertz CT molecular complexity index is 1850. The van der Waals surface area contributed by atoms with Crippen LogP contribution in [0.5, 0.6) is 11.5 Å². The summed E-state index contributed by atoms with van der Waals surface area (Å²) < 4.78 is 14.0. The van der Waals surface area contributed by atoms with Gasteiger partial charge in [0.15, 0.2) is 11.3 Å². The zero-order valence-electron chi connectivity index (χ0n) is 23.7. The van der Waals surface area contributed by atoms with Crippen LogP contribution in [-0.4, -0.2) is 55.5 Å². The molecule has 6 rings (SSSR count). The third-order valence-corrected chi connectivity index (χ3v) is 7.17. The molecule has 0 saturated heterocycles. The van der Waals surface area contributed by atoms with Crippen LogP contribution in [0.1, 0.15) is 22.5 Å². The van der Waals surface area contributed by atoms with Gasteiger partial charge in [-0.25, -0.2) is 19.3 Å². The number of aliphatic hydroxyl groups is 1. The van der Waals surface area contributed by atoms with E-state index in [1.165, 1.54) is 0 Å². The van der Waals surface area contributed by atoms with Crippen LogP contribution >= 0.6 is 23.2 Å². The molecule has 0 fully saturated rings. The van der Waals surface area contributed by atoms with E-state index in [0.717, 1.165) is 56.1 Å². The minimum atomic E-state index is 0.0529. The molecule has 0 unspecified atom stereocenters. The molecule has 1 N–H and O–H groups in total. The lowest BCUT2D eigenvalue weighted by Gasteiger charge is -2.05. The number of halogens is 2. The number of methoxy groups -OCH3 is 2. The predicted molar refractivity (Wildman–Crippen MR) is 170 cm³/mol. The summed E-state index contributed by atoms with van der Waals surface area (Å²) >= 11 is 12.0. The topological polar surface area (TPSA) is 100 Å². The highest BCUT2D eigenvalue weighted by Crippen LogP contribution is 2.23. The van der Waals surface area contributed by atoms with Crippen LogP contribution in [0.2, 0.25) is 10.3 Å². The van der Waals surface area contributed by atoms with Gasteiger partial charge in [0.2, 0.25) is 0 Å². The number of rotatable bonds is 9. The number of pyridine rings is 2. The average molecular weight is 618 g/mol. The van der Waals surface area contributed by atoms with E-state index in [0.29, 0.717) is 29.8 Å². The second-order valence-electron chi connectivity index (χ2n) is 9.53. The van der Waals surface area contributed by atoms with Gasteiger partial charge in [-0.2, -0.15) is 10.2 Å². The Balaban J connectivity index is 0.000000171. The summed E-state index contributed by atoms with van der Waals surface area (Å²) in [5.41, 5.74) is 5.32. The van der Waals surface area contributed by atoms with Crippen molar-refractivity contribution in [3.8, 4) is 11.5 Å². The first kappa shape index (κ1) is 30.0. The van der Waals surface area contributed by atoms with E-state index in [4.69, 9.17) is 32.7 Å². The molecule has 6 aromatic rings. The number of benzene rings is 2. The van der Waals surface area contributed by atoms with Gasteiger partial charge < -0.3 is 14.6 Å². The largest absolute Gasteiger partial charge is 0.497 e. The van der Waals surface area contributed by atoms with Gasteiger partial charge in [-0.3, -0.25) is 0 Å². The van der Waals surface area contributed by atoms with E-state index in [1.807, 2.05) is 70.0 Å². The highest BCUT2D eigenvalue weighted by molar-refractivity contribution is 6.30. The number of hydrogen-bond donors (Lipinski definition) is 1. The van der Waals surface area contributed by atoms with Crippen molar-refractivity contribution in [1.82, 2.24) is 29.5 Å². The molecule has 4 heterocycles. The van der Waals surface area contributed by atoms with Crippen LogP contribution in [-0.2, 0) is 19.5 Å². The molecule has 11 heteroatoms. The molecule has 0 aliphatic rings. The SMILES string of the molecule is C=Cc1nn(Cc2ccc(OC)cc2)c2nc(Cl)ccc12.COc1ccc(Cn2nc(CCO)c3ccc(Cl)nc32)cc1. The summed E-state index contributed by atoms with van der Waals surface area (Å²) in [5.74, 6) is 1.65. The Hall–Kier alpha value is -4.44. The molecule has 220 valence electrons. The maximum atomic E-state index is 9.18. The molecular formula is C32H30Cl2N6O3. The smallest absolute Gasteiger partial charge is 0.160 e. The molecule has 0 aliphatic carbocycles. The van der Waals surface area contributed by atoms with E-state index in [9.17, 15) is 5.11 Å². The van der Waals surface area contributed by atoms with E-state index >= 15 is 0 Å². The van der Waals surface area contributed by atoms with Crippen molar-refractivity contribution in [3.63, 3.8) is 0 Å². The fourth-order valence-corrected chi connectivity index (χ4v) is 4.90. The first-order valence-corrected chi connectivity index (χ1v) is 14.2. The van der Waals surface area contributed by atoms with Gasteiger partial charge in [-0.1, -0.05) is 54.0 Å². The summed E-state index contributed by atoms with van der Waals surface area (Å²) in [6.45, 7) is 5.04. The lowest BCUT2D eigenvalue weighted by Crippen LogP contribution is -2.03. The van der Waals surface area contributed by atoms with Crippen LogP contribution in [0.15, 0.2) is 79.4 Å². The molecule has 43 heavy (non-hydrogen) atoms. The second-order valence-corrected chi connectivity index (χ2v) is 10.3. The summed E-state index contributed by atoms with van der Waals surface area (Å²) in [6, 6.07) is 23.0. The Labute approximate surface area is 258 Å². The third kappa shape index (κ3) is 6.97. The standard InChI is InChI=1S/C16H16ClN3O2.C16H14ClN3O/c1-22-12-4-2-11(3-5-12)10-20-16-13(6-7-15(17)18-16)14(19-20)8-9-21;1-3-14-13-8-9-15(17)18-16(13)20(19-14)10-11-4-6-12(21-2)7-5-11/h2-7,21H,8-10H2,1H3;3-9H,1,10H2,2H3. The Morgan fingerprint density at radius 1 is 0.721 bits per heavy atom. The Kier molecular flexibility index (Phi) is 9.56. The van der Waals surface area contributed by atoms with Gasteiger partial charge in [0.25, 0.3) is 0 Å². The Morgan fingerprint density at radius 3 is 1.70 bits per heavy atom. The number of ether oxygens (including phenoxy) is 2. The second kappa shape index (κ2) is 13.7. The van der Waals surface area contributed by atoms with Crippen molar-refractivity contribution in [2.75, 3.05) is 20.8 Å². The molecule has 2 aromatic carbocycles. The lowest BCUT2D eigenvalue weighted by molar-refractivity contribution is 0.298. The highest BCUT2D eigenvalue weighted by atomic mass is 35.5. The van der Waals surface area contributed by atoms with Crippen molar-refractivity contribution in [2.24, 2.45) is 0 Å². The van der Waals surface area contributed by atoms with Crippen molar-refractivity contribution in [3.05, 3.63) is 112 Å². The first-order chi connectivity index (χ1) is 20.9. The molecule has 0 saturated carbocycles. The van der Waals surface area contributed by atoms with Gasteiger partial charge in [0.05, 0.1) is 38.7 Å². The van der Waals surface area contributed by atoms with Crippen molar-refractivity contribution in [1.29, 1.82) is 0 Å². The highest BCUT2D eigenvalue weighted by Gasteiger charge is 2.13. The number of aliphatic hydroxyl groups excluding tert-OH is 1. The predicted octanol–water partition coefficient (Wildman–Crippen LogP) is 6.46. The summed E-state index contributed by atoms with van der Waals surface area (Å²) in [7, 11) is 3.29. The molecule has 0 bridgehead atoms. The number of aromatic nitrogens is 6. The van der Waals surface area contributed by atoms with E-state index in [2.05, 4.69) is 26.7 Å². The maximum Gasteiger partial charge on any atom is 0.160 e. The fourth-order valence-electron chi connectivity index (χ4n) is 4.62. The van der Waals surface area contributed by atoms with Crippen molar-refractivity contribution < 1.29 is 14.6 Å². The van der Waals surface area contributed by atoms with Crippen LogP contribution in [0, 0.1) is 0 Å². The number of fused-ring (bicyclic) bond motifs is 2. The zero-order valence-corrected chi connectivity index (χ0v) is 25.3. The molecule has 4 aromatic heterocycles. The molecule has 0 atom stereocenters. The third-order valence-electron chi connectivity index (χ3n) is 6.75. The molecule has 0 spiro atoms. The summed E-state index contributed by atoms with van der Waals surface area (Å²) in [6.07, 6.45) is 2.22. The number of nitrogens with zero attached hydrogens (tertiary/aromatic N) is 6. The van der Waals surface area contributed by atoms with Crippen LogP contribution in [0.4, 0.5) is 0 Å². The summed E-state index contributed by atoms with van der Waals surface area (Å²) in [5, 5.41) is 21.0. The molecule has 0 radical (unpaired) electrons. The van der Waals surface area contributed by atoms with Gasteiger partial charge in [0.1, 0.15) is 21.8 Å². The average Bonchev–Trinajstić information content (AvgIpc) is 3.54. The van der Waals surface area contributed by atoms with E-state index < -0.39 is 0 Å². The van der Waals surface area contributed by atoms with Gasteiger partial charge in [0, 0.05) is 23.8 Å². The van der Waals surface area contributed by atoms with Crippen LogP contribution in [0.25, 0.3) is 28.1 Å². The van der Waals surface area contributed by atoms with Crippen LogP contribution in [0.3, 0.4) is 0 Å². The minimum absolute atomic E-state index is 0.0529. The Morgan fingerprint density at radius 2 is 1.21 bits per heavy atom. The van der Waals surface area contributed by atoms with E-state index in [1.54, 1.807) is 32.4 Å². The van der Waals surface area contributed by atoms with Crippen molar-refractivity contribution >= 4 is 51.3 Å². The normalized spacial score (nSPS) is 10.9. The first-order valence-electron chi connectivity index (χ1n) is 13.5. The monoisotopic (exact) mass is 616 g/mol. The van der Waals surface area contributed by atoms with Gasteiger partial charge >= 0.3 is 0 Å². The number of hydrogen-bond acceptors (Lipinski definition) is 7. The molecule has 0 amide bonds. The summed E-state index contributed by atoms with van der Waals surface area (Å²) in [4.78, 5) is 8.74. The lowest BCUT2D eigenvalue weighted by atomic mass is 10.2. The molecular weight excluding hydrogens is 587 g/mol. The van der Waals surface area contributed by atoms with Crippen molar-refractivity contribution in [2.45, 2.75) is 19.5 Å². The zero-order chi connectivity index (χ0) is 30.3. The van der Waals surface area contributed by atoms with Crippen LogP contribution < -0.4 is 9.47 Å². The quantitative estimate of drug-likeness (QED) is 0.186. The minimum Gasteiger partial charge on any atom is -0.497 e. The fraction of sp³-hybridized carbons (Fsp3) is 0.188. The van der Waals surface area contributed by atoms with Gasteiger partial charge in [-0.05, 0) is 65.7 Å².